The molecule has 3 aliphatic heterocycles. The first-order valence-electron chi connectivity index (χ1n) is 15.1. The van der Waals surface area contributed by atoms with Gasteiger partial charge in [-0.15, -0.1) is 11.8 Å². The van der Waals surface area contributed by atoms with Crippen molar-refractivity contribution in [3.05, 3.63) is 71.8 Å². The fourth-order valence-corrected chi connectivity index (χ4v) is 10.1. The molecule has 3 amide bonds. The molecule has 42 heavy (non-hydrogen) atoms. The van der Waals surface area contributed by atoms with Gasteiger partial charge in [-0.25, -0.2) is 0 Å². The molecule has 226 valence electrons. The molecule has 2 aromatic carbocycles. The van der Waals surface area contributed by atoms with E-state index in [1.54, 1.807) is 16.7 Å². The third-order valence-corrected chi connectivity index (χ3v) is 10.9. The molecule has 3 N–H and O–H groups in total. The number of rotatable bonds is 10. The highest BCUT2D eigenvalue weighted by Gasteiger charge is 2.74. The second-order valence-corrected chi connectivity index (χ2v) is 15.7. The molecule has 3 fully saturated rings. The molecule has 2 bridgehead atoms. The predicted molar refractivity (Wildman–Crippen MR) is 167 cm³/mol. The summed E-state index contributed by atoms with van der Waals surface area (Å²) in [7, 11) is 0. The van der Waals surface area contributed by atoms with E-state index in [1.165, 1.54) is 0 Å². The minimum absolute atomic E-state index is 0.00771. The van der Waals surface area contributed by atoms with Gasteiger partial charge in [0.2, 0.25) is 17.7 Å². The third kappa shape index (κ3) is 5.98. The highest BCUT2D eigenvalue weighted by molar-refractivity contribution is 8.02. The second-order valence-electron chi connectivity index (χ2n) is 14.1. The maximum atomic E-state index is 14.5. The van der Waals surface area contributed by atoms with E-state index in [2.05, 4.69) is 31.4 Å². The van der Waals surface area contributed by atoms with Crippen molar-refractivity contribution in [1.82, 2.24) is 15.5 Å². The summed E-state index contributed by atoms with van der Waals surface area (Å²) in [4.78, 5) is 44.3. The molecule has 8 heteroatoms. The number of likely N-dealkylation sites (tertiary alicyclic amines) is 1. The van der Waals surface area contributed by atoms with Crippen LogP contribution in [0.5, 0.6) is 0 Å². The van der Waals surface area contributed by atoms with Gasteiger partial charge < -0.3 is 20.6 Å². The summed E-state index contributed by atoms with van der Waals surface area (Å²) in [5, 5.41) is 17.0. The van der Waals surface area contributed by atoms with Gasteiger partial charge in [0.05, 0.1) is 29.2 Å². The Labute approximate surface area is 254 Å². The number of aliphatic hydroxyl groups excluding tert-OH is 1. The summed E-state index contributed by atoms with van der Waals surface area (Å²) in [5.41, 5.74) is 1.48. The number of aliphatic hydroxyl groups is 1. The van der Waals surface area contributed by atoms with E-state index < -0.39 is 34.2 Å². The number of benzene rings is 2. The van der Waals surface area contributed by atoms with E-state index in [4.69, 9.17) is 0 Å². The van der Waals surface area contributed by atoms with Crippen LogP contribution in [0.4, 0.5) is 0 Å². The lowest BCUT2D eigenvalue weighted by Gasteiger charge is -2.40. The molecule has 3 saturated heterocycles. The number of carbonyl (C=O) groups excluding carboxylic acids is 3. The van der Waals surface area contributed by atoms with E-state index in [0.29, 0.717) is 19.4 Å². The fourth-order valence-electron chi connectivity index (χ4n) is 7.90. The third-order valence-electron chi connectivity index (χ3n) is 8.95. The average molecular weight is 592 g/mol. The molecule has 0 radical (unpaired) electrons. The van der Waals surface area contributed by atoms with E-state index in [0.717, 1.165) is 24.0 Å². The van der Waals surface area contributed by atoms with Gasteiger partial charge in [-0.05, 0) is 56.1 Å². The Balaban J connectivity index is 1.48. The van der Waals surface area contributed by atoms with Crippen LogP contribution in [0.25, 0.3) is 0 Å². The van der Waals surface area contributed by atoms with Crippen LogP contribution in [0.15, 0.2) is 60.7 Å². The Hall–Kier alpha value is -2.84. The van der Waals surface area contributed by atoms with Crippen molar-refractivity contribution in [2.75, 3.05) is 6.61 Å². The van der Waals surface area contributed by atoms with E-state index >= 15 is 0 Å². The Morgan fingerprint density at radius 1 is 1.00 bits per heavy atom. The summed E-state index contributed by atoms with van der Waals surface area (Å²) in [5.74, 6) is -1.63. The molecule has 0 saturated carbocycles. The molecule has 3 aliphatic rings. The molecule has 1 spiro atoms. The first kappa shape index (κ1) is 30.6. The van der Waals surface area contributed by atoms with Crippen LogP contribution >= 0.6 is 11.8 Å². The Morgan fingerprint density at radius 3 is 2.21 bits per heavy atom. The molecule has 2 aromatic rings. The average Bonchev–Trinajstić information content (AvgIpc) is 3.57. The minimum atomic E-state index is -0.767. The van der Waals surface area contributed by atoms with E-state index in [9.17, 15) is 19.5 Å². The number of fused-ring (bicyclic) bond motifs is 1. The molecule has 0 aliphatic carbocycles. The minimum Gasteiger partial charge on any atom is -0.394 e. The van der Waals surface area contributed by atoms with Crippen molar-refractivity contribution in [2.24, 2.45) is 17.3 Å². The van der Waals surface area contributed by atoms with Crippen molar-refractivity contribution in [2.45, 2.75) is 94.5 Å². The predicted octanol–water partition coefficient (Wildman–Crippen LogP) is 4.33. The summed E-state index contributed by atoms with van der Waals surface area (Å²) in [6.45, 7) is 10.6. The smallest absolute Gasteiger partial charge is 0.244 e. The van der Waals surface area contributed by atoms with Crippen molar-refractivity contribution in [3.63, 3.8) is 0 Å². The zero-order chi connectivity index (χ0) is 30.3. The zero-order valence-corrected chi connectivity index (χ0v) is 26.2. The molecule has 2 unspecified atom stereocenters. The van der Waals surface area contributed by atoms with Gasteiger partial charge in [0.15, 0.2) is 0 Å². The maximum absolute atomic E-state index is 14.5. The second kappa shape index (κ2) is 11.7. The van der Waals surface area contributed by atoms with Gasteiger partial charge in [0.1, 0.15) is 6.04 Å². The van der Waals surface area contributed by atoms with Gasteiger partial charge in [0.25, 0.3) is 0 Å². The first-order chi connectivity index (χ1) is 19.8. The normalized spacial score (nSPS) is 27.6. The molecular weight excluding hydrogens is 546 g/mol. The number of hydrogen-bond acceptors (Lipinski definition) is 5. The van der Waals surface area contributed by atoms with Gasteiger partial charge in [-0.3, -0.25) is 14.4 Å². The number of amides is 3. The Kier molecular flexibility index (Phi) is 8.52. The summed E-state index contributed by atoms with van der Waals surface area (Å²) >= 11 is 1.66. The molecular formula is C34H45N3O4S. The van der Waals surface area contributed by atoms with Crippen molar-refractivity contribution >= 4 is 29.5 Å². The van der Waals surface area contributed by atoms with Crippen LogP contribution in [0.3, 0.4) is 0 Å². The molecule has 6 atom stereocenters. The summed E-state index contributed by atoms with van der Waals surface area (Å²) in [6, 6.07) is 18.2. The van der Waals surface area contributed by atoms with Gasteiger partial charge in [0, 0.05) is 17.3 Å². The number of hydrogen-bond donors (Lipinski definition) is 3. The summed E-state index contributed by atoms with van der Waals surface area (Å²) < 4.78 is -0.706. The highest BCUT2D eigenvalue weighted by Crippen LogP contribution is 2.66. The van der Waals surface area contributed by atoms with Crippen molar-refractivity contribution in [3.8, 4) is 0 Å². The lowest BCUT2D eigenvalue weighted by Crippen LogP contribution is -2.60. The van der Waals surface area contributed by atoms with Gasteiger partial charge in [-0.2, -0.15) is 0 Å². The van der Waals surface area contributed by atoms with Crippen molar-refractivity contribution < 1.29 is 19.5 Å². The maximum Gasteiger partial charge on any atom is 0.244 e. The topological polar surface area (TPSA) is 98.7 Å². The largest absolute Gasteiger partial charge is 0.394 e. The van der Waals surface area contributed by atoms with Crippen LogP contribution in [-0.2, 0) is 27.3 Å². The molecule has 0 aromatic heterocycles. The SMILES string of the molecule is CC(C)(C)CC(C)(C)NC(=O)C1N([C@@H](CO)Cc2ccccc2)C(=O)[C@@H]2[C@@H](C(=O)NCc3ccccc3)[C@H]3CCC12S3. The fraction of sp³-hybridized carbons (Fsp3) is 0.559. The van der Waals surface area contributed by atoms with E-state index in [1.807, 2.05) is 74.5 Å². The lowest BCUT2D eigenvalue weighted by atomic mass is 9.70. The monoisotopic (exact) mass is 591 g/mol. The quantitative estimate of drug-likeness (QED) is 0.382. The molecule has 3 heterocycles. The number of thioether (sulfide) groups is 1. The van der Waals surface area contributed by atoms with Crippen LogP contribution in [0.2, 0.25) is 0 Å². The Morgan fingerprint density at radius 2 is 1.62 bits per heavy atom. The molecule has 5 rings (SSSR count). The van der Waals surface area contributed by atoms with Gasteiger partial charge in [-0.1, -0.05) is 81.4 Å². The highest BCUT2D eigenvalue weighted by atomic mass is 32.2. The number of nitrogens with zero attached hydrogens (tertiary/aromatic N) is 1. The van der Waals surface area contributed by atoms with Crippen molar-refractivity contribution in [1.29, 1.82) is 0 Å². The summed E-state index contributed by atoms with van der Waals surface area (Å²) in [6.07, 6.45) is 2.67. The van der Waals surface area contributed by atoms with Gasteiger partial charge >= 0.3 is 0 Å². The Bertz CT molecular complexity index is 1290. The van der Waals surface area contributed by atoms with Crippen LogP contribution in [0.1, 0.15) is 65.0 Å². The van der Waals surface area contributed by atoms with Crippen LogP contribution in [0, 0.1) is 17.3 Å². The van der Waals surface area contributed by atoms with Crippen LogP contribution in [-0.4, -0.2) is 62.0 Å². The van der Waals surface area contributed by atoms with E-state index in [-0.39, 0.29) is 35.0 Å². The first-order valence-corrected chi connectivity index (χ1v) is 16.0. The van der Waals surface area contributed by atoms with Crippen LogP contribution < -0.4 is 10.6 Å². The standard InChI is InChI=1S/C34H45N3O4S/c1-32(2,3)21-33(4,5)36-30(40)28-34-17-16-25(42-34)26(29(39)35-19-23-14-10-7-11-15-23)27(34)31(41)37(28)24(20-38)18-22-12-8-6-9-13-22/h6-15,24-28,38H,16-21H2,1-5H3,(H,35,39)(H,36,40)/t24-,25-,26+,27+,28?,34?/m1/s1. The lowest BCUT2D eigenvalue weighted by molar-refractivity contribution is -0.143. The zero-order valence-electron chi connectivity index (χ0n) is 25.4. The number of carbonyl (C=O) groups is 3. The molecule has 7 nitrogen and oxygen atoms in total. The number of nitrogens with one attached hydrogen (secondary N) is 2.